The number of fused-ring (bicyclic) bond motifs is 2. The molecule has 5 atom stereocenters. The molecule has 5 unspecified atom stereocenters. The average molecular weight is 237 g/mol. The molecule has 1 N–H and O–H groups in total. The van der Waals surface area contributed by atoms with Crippen LogP contribution in [0.2, 0.25) is 0 Å². The van der Waals surface area contributed by atoms with E-state index in [1.165, 1.54) is 45.1 Å². The Balaban J connectivity index is 1.46. The van der Waals surface area contributed by atoms with Gasteiger partial charge in [-0.2, -0.15) is 0 Å². The van der Waals surface area contributed by atoms with Gasteiger partial charge in [-0.3, -0.25) is 0 Å². The fourth-order valence-electron chi connectivity index (χ4n) is 4.44. The van der Waals surface area contributed by atoms with E-state index in [4.69, 9.17) is 4.74 Å². The lowest BCUT2D eigenvalue weighted by Gasteiger charge is -2.27. The van der Waals surface area contributed by atoms with Gasteiger partial charge < -0.3 is 10.1 Å². The third kappa shape index (κ3) is 2.53. The molecule has 98 valence electrons. The van der Waals surface area contributed by atoms with Crippen LogP contribution in [0.25, 0.3) is 0 Å². The molecule has 0 radical (unpaired) electrons. The highest BCUT2D eigenvalue weighted by molar-refractivity contribution is 4.91. The second-order valence-electron chi connectivity index (χ2n) is 6.48. The molecule has 0 aromatic heterocycles. The van der Waals surface area contributed by atoms with Crippen LogP contribution in [0.4, 0.5) is 0 Å². The van der Waals surface area contributed by atoms with E-state index in [0.29, 0.717) is 6.04 Å². The van der Waals surface area contributed by atoms with Crippen LogP contribution in [-0.2, 0) is 4.74 Å². The Labute approximate surface area is 105 Å². The van der Waals surface area contributed by atoms with Crippen LogP contribution in [0.1, 0.15) is 45.4 Å². The maximum Gasteiger partial charge on any atom is 0.0509 e. The van der Waals surface area contributed by atoms with E-state index in [0.717, 1.165) is 36.9 Å². The Bertz CT molecular complexity index is 249. The van der Waals surface area contributed by atoms with Gasteiger partial charge in [0.1, 0.15) is 0 Å². The van der Waals surface area contributed by atoms with Crippen LogP contribution in [0, 0.1) is 23.7 Å². The van der Waals surface area contributed by atoms with Crippen molar-refractivity contribution in [1.29, 1.82) is 0 Å². The van der Waals surface area contributed by atoms with Gasteiger partial charge in [-0.1, -0.05) is 13.3 Å². The number of ether oxygens (including phenoxy) is 1. The zero-order valence-electron chi connectivity index (χ0n) is 11.2. The SMILES string of the molecule is CCC(NCC1CC2CCC1C2)C1CCOC1. The predicted octanol–water partition coefficient (Wildman–Crippen LogP) is 2.83. The van der Waals surface area contributed by atoms with Crippen molar-refractivity contribution in [3.05, 3.63) is 0 Å². The Morgan fingerprint density at radius 2 is 2.18 bits per heavy atom. The lowest BCUT2D eigenvalue weighted by molar-refractivity contribution is 0.173. The summed E-state index contributed by atoms with van der Waals surface area (Å²) >= 11 is 0. The van der Waals surface area contributed by atoms with Crippen molar-refractivity contribution in [3.8, 4) is 0 Å². The highest BCUT2D eigenvalue weighted by Crippen LogP contribution is 2.48. The first-order valence-electron chi connectivity index (χ1n) is 7.68. The first-order valence-corrected chi connectivity index (χ1v) is 7.68. The summed E-state index contributed by atoms with van der Waals surface area (Å²) in [4.78, 5) is 0. The fourth-order valence-corrected chi connectivity index (χ4v) is 4.44. The fraction of sp³-hybridized carbons (Fsp3) is 1.00. The molecule has 3 aliphatic rings. The van der Waals surface area contributed by atoms with Crippen LogP contribution < -0.4 is 5.32 Å². The van der Waals surface area contributed by atoms with E-state index in [2.05, 4.69) is 12.2 Å². The molecule has 2 bridgehead atoms. The monoisotopic (exact) mass is 237 g/mol. The van der Waals surface area contributed by atoms with Crippen molar-refractivity contribution in [2.75, 3.05) is 19.8 Å². The highest BCUT2D eigenvalue weighted by atomic mass is 16.5. The van der Waals surface area contributed by atoms with Gasteiger partial charge in [0, 0.05) is 12.6 Å². The summed E-state index contributed by atoms with van der Waals surface area (Å²) in [6, 6.07) is 0.705. The zero-order valence-corrected chi connectivity index (χ0v) is 11.2. The van der Waals surface area contributed by atoms with Crippen LogP contribution in [0.15, 0.2) is 0 Å². The molecule has 2 nitrogen and oxygen atoms in total. The van der Waals surface area contributed by atoms with E-state index in [-0.39, 0.29) is 0 Å². The maximum atomic E-state index is 5.52. The van der Waals surface area contributed by atoms with Gasteiger partial charge in [-0.05, 0) is 62.3 Å². The third-order valence-corrected chi connectivity index (χ3v) is 5.50. The molecule has 2 saturated carbocycles. The van der Waals surface area contributed by atoms with Crippen molar-refractivity contribution in [1.82, 2.24) is 5.32 Å². The minimum absolute atomic E-state index is 0.705. The molecule has 0 amide bonds. The van der Waals surface area contributed by atoms with Crippen LogP contribution in [0.3, 0.4) is 0 Å². The molecule has 0 spiro atoms. The Hall–Kier alpha value is -0.0800. The molecule has 0 aromatic rings. The van der Waals surface area contributed by atoms with Crippen LogP contribution >= 0.6 is 0 Å². The molecule has 0 aromatic carbocycles. The second-order valence-corrected chi connectivity index (χ2v) is 6.48. The normalized spacial score (nSPS) is 42.2. The highest BCUT2D eigenvalue weighted by Gasteiger charge is 2.39. The molecule has 1 heterocycles. The first-order chi connectivity index (χ1) is 8.36. The molecule has 2 aliphatic carbocycles. The second kappa shape index (κ2) is 5.27. The number of nitrogens with one attached hydrogen (secondary N) is 1. The zero-order chi connectivity index (χ0) is 11.7. The van der Waals surface area contributed by atoms with E-state index < -0.39 is 0 Å². The first kappa shape index (κ1) is 12.0. The average Bonchev–Trinajstić information content (AvgIpc) is 3.06. The van der Waals surface area contributed by atoms with E-state index in [9.17, 15) is 0 Å². The smallest absolute Gasteiger partial charge is 0.0509 e. The minimum atomic E-state index is 0.705. The summed E-state index contributed by atoms with van der Waals surface area (Å²) in [7, 11) is 0. The van der Waals surface area contributed by atoms with Crippen molar-refractivity contribution >= 4 is 0 Å². The Kier molecular flexibility index (Phi) is 3.72. The van der Waals surface area contributed by atoms with Gasteiger partial charge in [0.25, 0.3) is 0 Å². The maximum absolute atomic E-state index is 5.52. The van der Waals surface area contributed by atoms with E-state index in [1.807, 2.05) is 0 Å². The Morgan fingerprint density at radius 1 is 1.24 bits per heavy atom. The van der Waals surface area contributed by atoms with Crippen molar-refractivity contribution in [3.63, 3.8) is 0 Å². The van der Waals surface area contributed by atoms with Gasteiger partial charge in [-0.25, -0.2) is 0 Å². The van der Waals surface area contributed by atoms with Gasteiger partial charge in [0.15, 0.2) is 0 Å². The summed E-state index contributed by atoms with van der Waals surface area (Å²) in [6.07, 6.45) is 8.61. The van der Waals surface area contributed by atoms with Crippen LogP contribution in [-0.4, -0.2) is 25.8 Å². The molecular formula is C15H27NO. The van der Waals surface area contributed by atoms with Gasteiger partial charge in [0.2, 0.25) is 0 Å². The molecule has 1 saturated heterocycles. The molecule has 1 aliphatic heterocycles. The van der Waals surface area contributed by atoms with E-state index >= 15 is 0 Å². The summed E-state index contributed by atoms with van der Waals surface area (Å²) in [5.41, 5.74) is 0. The minimum Gasteiger partial charge on any atom is -0.381 e. The number of hydrogen-bond donors (Lipinski definition) is 1. The summed E-state index contributed by atoms with van der Waals surface area (Å²) in [5, 5.41) is 3.86. The van der Waals surface area contributed by atoms with Crippen molar-refractivity contribution in [2.24, 2.45) is 23.7 Å². The number of hydrogen-bond acceptors (Lipinski definition) is 2. The van der Waals surface area contributed by atoms with Gasteiger partial charge in [-0.15, -0.1) is 0 Å². The molecule has 3 fully saturated rings. The van der Waals surface area contributed by atoms with E-state index in [1.54, 1.807) is 0 Å². The predicted molar refractivity (Wildman–Crippen MR) is 69.9 cm³/mol. The molecular weight excluding hydrogens is 210 g/mol. The summed E-state index contributed by atoms with van der Waals surface area (Å²) in [6.45, 7) is 5.56. The largest absolute Gasteiger partial charge is 0.381 e. The Morgan fingerprint density at radius 3 is 2.76 bits per heavy atom. The topological polar surface area (TPSA) is 21.3 Å². The molecule has 17 heavy (non-hydrogen) atoms. The quantitative estimate of drug-likeness (QED) is 0.794. The third-order valence-electron chi connectivity index (χ3n) is 5.50. The van der Waals surface area contributed by atoms with Crippen molar-refractivity contribution in [2.45, 2.75) is 51.5 Å². The van der Waals surface area contributed by atoms with Crippen LogP contribution in [0.5, 0.6) is 0 Å². The lowest BCUT2D eigenvalue weighted by atomic mass is 9.88. The standard InChI is InChI=1S/C15H27NO/c1-2-15(13-5-6-17-10-13)16-9-14-8-11-3-4-12(14)7-11/h11-16H,2-10H2,1H3. The summed E-state index contributed by atoms with van der Waals surface area (Å²) in [5.74, 6) is 3.91. The lowest BCUT2D eigenvalue weighted by Crippen LogP contribution is -2.39. The summed E-state index contributed by atoms with van der Waals surface area (Å²) < 4.78 is 5.52. The van der Waals surface area contributed by atoms with Gasteiger partial charge in [0.05, 0.1) is 6.61 Å². The van der Waals surface area contributed by atoms with Gasteiger partial charge >= 0.3 is 0 Å². The molecule has 2 heteroatoms. The van der Waals surface area contributed by atoms with Crippen molar-refractivity contribution < 1.29 is 4.74 Å². The molecule has 3 rings (SSSR count). The number of rotatable bonds is 5.